The van der Waals surface area contributed by atoms with Gasteiger partial charge in [0.15, 0.2) is 0 Å². The Morgan fingerprint density at radius 1 is 1.09 bits per heavy atom. The zero-order valence-corrected chi connectivity index (χ0v) is 19.3. The summed E-state index contributed by atoms with van der Waals surface area (Å²) < 4.78 is 2.23. The maximum Gasteiger partial charge on any atom is 0.208 e. The molecule has 3 aromatic heterocycles. The first-order chi connectivity index (χ1) is 16.1. The van der Waals surface area contributed by atoms with Crippen LogP contribution in [-0.4, -0.2) is 19.5 Å². The molecule has 0 radical (unpaired) electrons. The third kappa shape index (κ3) is 4.55. The summed E-state index contributed by atoms with van der Waals surface area (Å²) in [5.74, 6) is 2.11. The van der Waals surface area contributed by atoms with E-state index < -0.39 is 0 Å². The molecule has 0 atom stereocenters. The van der Waals surface area contributed by atoms with Gasteiger partial charge in [-0.1, -0.05) is 49.6 Å². The second-order valence-corrected chi connectivity index (χ2v) is 9.33. The van der Waals surface area contributed by atoms with Gasteiger partial charge < -0.3 is 9.88 Å². The lowest BCUT2D eigenvalue weighted by Crippen LogP contribution is -2.19. The van der Waals surface area contributed by atoms with E-state index in [4.69, 9.17) is 16.6 Å². The topological polar surface area (TPSA) is 79.4 Å². The van der Waals surface area contributed by atoms with Gasteiger partial charge in [-0.3, -0.25) is 4.98 Å². The summed E-state index contributed by atoms with van der Waals surface area (Å²) in [4.78, 5) is 13.8. The van der Waals surface area contributed by atoms with Crippen molar-refractivity contribution in [3.05, 3.63) is 65.6 Å². The number of hydrogen-bond donors (Lipinski definition) is 1. The number of fused-ring (bicyclic) bond motifs is 1. The fourth-order valence-electron chi connectivity index (χ4n) is 4.65. The van der Waals surface area contributed by atoms with E-state index in [-0.39, 0.29) is 0 Å². The van der Waals surface area contributed by atoms with Gasteiger partial charge in [0, 0.05) is 36.3 Å². The molecule has 1 aromatic carbocycles. The second-order valence-electron chi connectivity index (χ2n) is 8.89. The number of nitrogens with one attached hydrogen (secondary N) is 1. The van der Waals surface area contributed by atoms with Crippen LogP contribution in [0.25, 0.3) is 22.3 Å². The molecule has 1 fully saturated rings. The molecule has 1 aliphatic rings. The Bertz CT molecular complexity index is 1320. The number of nitriles is 1. The van der Waals surface area contributed by atoms with Crippen molar-refractivity contribution in [2.24, 2.45) is 11.8 Å². The van der Waals surface area contributed by atoms with Crippen molar-refractivity contribution < 1.29 is 0 Å². The van der Waals surface area contributed by atoms with Crippen molar-refractivity contribution in [2.75, 3.05) is 5.32 Å². The monoisotopic (exact) mass is 456 g/mol. The van der Waals surface area contributed by atoms with Gasteiger partial charge in [-0.2, -0.15) is 5.26 Å². The lowest BCUT2D eigenvalue weighted by atomic mass is 9.83. The standard InChI is InChI=1S/C26H25ClN6/c1-17-7-9-18(10-8-17)16-33-25-23(32-26(33)31-21-5-3-2-4-6-21)12-22(13-28)30-24(25)19-11-20(27)15-29-14-19/h2-6,11-12,14-15,17-18H,7-10,16H2,1H3,(H,31,32). The molecule has 0 unspecified atom stereocenters. The van der Waals surface area contributed by atoms with Crippen LogP contribution >= 0.6 is 11.6 Å². The largest absolute Gasteiger partial charge is 0.326 e. The Labute approximate surface area is 198 Å². The predicted molar refractivity (Wildman–Crippen MR) is 131 cm³/mol. The van der Waals surface area contributed by atoms with Gasteiger partial charge in [0.2, 0.25) is 5.95 Å². The highest BCUT2D eigenvalue weighted by atomic mass is 35.5. The van der Waals surface area contributed by atoms with Crippen molar-refractivity contribution >= 4 is 34.3 Å². The molecule has 0 bridgehead atoms. The number of rotatable bonds is 5. The number of pyridine rings is 2. The summed E-state index contributed by atoms with van der Waals surface area (Å²) >= 11 is 6.25. The molecule has 6 nitrogen and oxygen atoms in total. The fourth-order valence-corrected chi connectivity index (χ4v) is 4.82. The lowest BCUT2D eigenvalue weighted by molar-refractivity contribution is 0.267. The Morgan fingerprint density at radius 3 is 2.61 bits per heavy atom. The van der Waals surface area contributed by atoms with Crippen LogP contribution in [-0.2, 0) is 6.54 Å². The first-order valence-electron chi connectivity index (χ1n) is 11.3. The molecular weight excluding hydrogens is 432 g/mol. The number of para-hydroxylation sites is 1. The predicted octanol–water partition coefficient (Wildman–Crippen LogP) is 6.59. The van der Waals surface area contributed by atoms with Crippen LogP contribution in [0.4, 0.5) is 11.6 Å². The smallest absolute Gasteiger partial charge is 0.208 e. The summed E-state index contributed by atoms with van der Waals surface area (Å²) in [5.41, 5.74) is 4.37. The third-order valence-corrected chi connectivity index (χ3v) is 6.63. The molecule has 0 aliphatic heterocycles. The Hall–Kier alpha value is -3.43. The van der Waals surface area contributed by atoms with Crippen LogP contribution in [0.2, 0.25) is 5.02 Å². The van der Waals surface area contributed by atoms with E-state index in [1.807, 2.05) is 36.4 Å². The summed E-state index contributed by atoms with van der Waals surface area (Å²) in [6.07, 6.45) is 8.23. The second kappa shape index (κ2) is 9.21. The number of benzene rings is 1. The highest BCUT2D eigenvalue weighted by Crippen LogP contribution is 2.35. The van der Waals surface area contributed by atoms with E-state index in [1.54, 1.807) is 18.5 Å². The van der Waals surface area contributed by atoms with E-state index in [0.717, 1.165) is 40.7 Å². The summed E-state index contributed by atoms with van der Waals surface area (Å²) in [5, 5.41) is 13.6. The van der Waals surface area contributed by atoms with Crippen LogP contribution in [0.15, 0.2) is 54.9 Å². The van der Waals surface area contributed by atoms with Gasteiger partial charge in [0.1, 0.15) is 11.8 Å². The molecule has 0 spiro atoms. The van der Waals surface area contributed by atoms with Crippen molar-refractivity contribution in [3.8, 4) is 17.3 Å². The molecule has 0 saturated heterocycles. The molecule has 1 aliphatic carbocycles. The summed E-state index contributed by atoms with van der Waals surface area (Å²) in [6.45, 7) is 3.18. The fraction of sp³-hybridized carbons (Fsp3) is 0.308. The van der Waals surface area contributed by atoms with E-state index >= 15 is 0 Å². The van der Waals surface area contributed by atoms with Gasteiger partial charge >= 0.3 is 0 Å². The van der Waals surface area contributed by atoms with Crippen LogP contribution in [0.1, 0.15) is 38.3 Å². The molecule has 3 heterocycles. The molecule has 7 heteroatoms. The first-order valence-corrected chi connectivity index (χ1v) is 11.7. The van der Waals surface area contributed by atoms with E-state index in [9.17, 15) is 5.26 Å². The number of anilines is 2. The van der Waals surface area contributed by atoms with Crippen molar-refractivity contribution in [2.45, 2.75) is 39.2 Å². The van der Waals surface area contributed by atoms with E-state index in [2.05, 4.69) is 32.8 Å². The molecular formula is C26H25ClN6. The van der Waals surface area contributed by atoms with Crippen molar-refractivity contribution in [3.63, 3.8) is 0 Å². The minimum absolute atomic E-state index is 0.319. The van der Waals surface area contributed by atoms with E-state index in [0.29, 0.717) is 22.3 Å². The zero-order valence-electron chi connectivity index (χ0n) is 18.5. The Morgan fingerprint density at radius 2 is 1.88 bits per heavy atom. The van der Waals surface area contributed by atoms with Gasteiger partial charge in [-0.25, -0.2) is 9.97 Å². The summed E-state index contributed by atoms with van der Waals surface area (Å²) in [6, 6.07) is 15.8. The lowest BCUT2D eigenvalue weighted by Gasteiger charge is -2.27. The highest BCUT2D eigenvalue weighted by Gasteiger charge is 2.24. The maximum absolute atomic E-state index is 9.62. The molecule has 4 aromatic rings. The van der Waals surface area contributed by atoms with Gasteiger partial charge in [-0.15, -0.1) is 0 Å². The molecule has 1 saturated carbocycles. The number of nitrogens with zero attached hydrogens (tertiary/aromatic N) is 5. The molecule has 166 valence electrons. The SMILES string of the molecule is CC1CCC(Cn2c(Nc3ccccc3)nc3cc(C#N)nc(-c4cncc(Cl)c4)c32)CC1. The van der Waals surface area contributed by atoms with Crippen LogP contribution in [0.5, 0.6) is 0 Å². The number of hydrogen-bond acceptors (Lipinski definition) is 5. The Kier molecular flexibility index (Phi) is 5.97. The van der Waals surface area contributed by atoms with Crippen molar-refractivity contribution in [1.82, 2.24) is 19.5 Å². The highest BCUT2D eigenvalue weighted by molar-refractivity contribution is 6.30. The van der Waals surface area contributed by atoms with Gasteiger partial charge in [0.25, 0.3) is 0 Å². The number of imidazole rings is 1. The van der Waals surface area contributed by atoms with Crippen molar-refractivity contribution in [1.29, 1.82) is 5.26 Å². The zero-order chi connectivity index (χ0) is 22.8. The minimum Gasteiger partial charge on any atom is -0.326 e. The molecule has 33 heavy (non-hydrogen) atoms. The minimum atomic E-state index is 0.319. The maximum atomic E-state index is 9.62. The Balaban J connectivity index is 1.68. The molecule has 1 N–H and O–H groups in total. The normalized spacial score (nSPS) is 18.2. The van der Waals surface area contributed by atoms with Crippen LogP contribution in [0, 0.1) is 23.2 Å². The first kappa shape index (κ1) is 21.4. The average Bonchev–Trinajstić information content (AvgIpc) is 3.17. The van der Waals surface area contributed by atoms with E-state index in [1.165, 1.54) is 25.7 Å². The molecule has 0 amide bonds. The average molecular weight is 457 g/mol. The van der Waals surface area contributed by atoms with Crippen LogP contribution in [0.3, 0.4) is 0 Å². The quantitative estimate of drug-likeness (QED) is 0.366. The van der Waals surface area contributed by atoms with Gasteiger partial charge in [0.05, 0.1) is 21.7 Å². The van der Waals surface area contributed by atoms with Crippen LogP contribution < -0.4 is 5.32 Å². The number of halogens is 1. The summed E-state index contributed by atoms with van der Waals surface area (Å²) in [7, 11) is 0. The number of aromatic nitrogens is 4. The third-order valence-electron chi connectivity index (χ3n) is 6.42. The molecule has 5 rings (SSSR count). The van der Waals surface area contributed by atoms with Gasteiger partial charge in [-0.05, 0) is 42.9 Å².